The smallest absolute Gasteiger partial charge is 0.309 e. The third-order valence-corrected chi connectivity index (χ3v) is 6.79. The van der Waals surface area contributed by atoms with Crippen molar-refractivity contribution >= 4 is 17.3 Å². The Labute approximate surface area is 195 Å². The summed E-state index contributed by atoms with van der Waals surface area (Å²) in [5, 5.41) is 13.3. The summed E-state index contributed by atoms with van der Waals surface area (Å²) in [4.78, 5) is 20.0. The molecule has 2 aromatic carbocycles. The van der Waals surface area contributed by atoms with Gasteiger partial charge in [0.2, 0.25) is 5.82 Å². The summed E-state index contributed by atoms with van der Waals surface area (Å²) in [6.07, 6.45) is 0.860. The number of benzene rings is 2. The van der Waals surface area contributed by atoms with Crippen LogP contribution in [0.4, 0.5) is 0 Å². The summed E-state index contributed by atoms with van der Waals surface area (Å²) in [5.41, 5.74) is 1.99. The fourth-order valence-electron chi connectivity index (χ4n) is 3.81. The number of nitrogens with zero attached hydrogens (tertiary/aromatic N) is 3. The average Bonchev–Trinajstić information content (AvgIpc) is 3.44. The van der Waals surface area contributed by atoms with Crippen molar-refractivity contribution in [2.24, 2.45) is 5.92 Å². The van der Waals surface area contributed by atoms with Crippen molar-refractivity contribution in [3.63, 3.8) is 0 Å². The van der Waals surface area contributed by atoms with Gasteiger partial charge >= 0.3 is 5.97 Å². The zero-order valence-corrected chi connectivity index (χ0v) is 18.9. The van der Waals surface area contributed by atoms with Gasteiger partial charge in [0.05, 0.1) is 10.8 Å². The van der Waals surface area contributed by atoms with Crippen LogP contribution in [-0.2, 0) is 17.8 Å². The highest BCUT2D eigenvalue weighted by atomic mass is 32.1. The molecule has 3 heterocycles. The maximum atomic E-state index is 11.0. The van der Waals surface area contributed by atoms with Crippen LogP contribution >= 0.6 is 11.3 Å². The fraction of sp³-hybridized carbons (Fsp3) is 0.240. The Hall–Kier alpha value is -3.49. The van der Waals surface area contributed by atoms with Crippen molar-refractivity contribution in [2.45, 2.75) is 19.9 Å². The number of carbonyl (C=O) groups is 1. The maximum absolute atomic E-state index is 11.0. The van der Waals surface area contributed by atoms with Gasteiger partial charge in [0.15, 0.2) is 0 Å². The lowest BCUT2D eigenvalue weighted by Gasteiger charge is -2.36. The van der Waals surface area contributed by atoms with E-state index in [1.165, 1.54) is 10.4 Å². The van der Waals surface area contributed by atoms with Crippen LogP contribution in [0.5, 0.6) is 11.5 Å². The molecule has 0 bridgehead atoms. The second kappa shape index (κ2) is 9.17. The zero-order valence-electron chi connectivity index (χ0n) is 18.1. The van der Waals surface area contributed by atoms with E-state index in [2.05, 4.69) is 28.0 Å². The first kappa shape index (κ1) is 21.4. The molecule has 8 heteroatoms. The molecule has 1 aliphatic heterocycles. The number of hydrogen-bond donors (Lipinski definition) is 1. The van der Waals surface area contributed by atoms with Crippen LogP contribution in [0.2, 0.25) is 0 Å². The highest BCUT2D eigenvalue weighted by molar-refractivity contribution is 7.15. The van der Waals surface area contributed by atoms with Crippen LogP contribution in [0.1, 0.15) is 17.4 Å². The molecule has 0 aliphatic carbocycles. The number of ether oxygens (including phenoxy) is 1. The molecule has 33 heavy (non-hydrogen) atoms. The Balaban J connectivity index is 1.29. The van der Waals surface area contributed by atoms with Crippen LogP contribution in [0.25, 0.3) is 22.2 Å². The Kier molecular flexibility index (Phi) is 5.93. The molecule has 0 spiro atoms. The molecule has 1 aliphatic rings. The van der Waals surface area contributed by atoms with Gasteiger partial charge in [0.1, 0.15) is 11.5 Å². The first-order valence-corrected chi connectivity index (χ1v) is 11.6. The first-order chi connectivity index (χ1) is 16.1. The van der Waals surface area contributed by atoms with Gasteiger partial charge in [-0.25, -0.2) is 0 Å². The summed E-state index contributed by atoms with van der Waals surface area (Å²) < 4.78 is 11.4. The molecule has 1 fully saturated rings. The van der Waals surface area contributed by atoms with E-state index < -0.39 is 5.97 Å². The standard InChI is InChI=1S/C25H23N3O4S/c1-2-16-12-21(15-28-13-18(14-28)25(29)30)33-22(16)23-26-24(32-27-23)17-8-10-20(11-9-17)31-19-6-4-3-5-7-19/h3-12,18H,2,13-15H2,1H3,(H,29,30). The number of para-hydroxylation sites is 1. The van der Waals surface area contributed by atoms with E-state index in [1.807, 2.05) is 54.6 Å². The van der Waals surface area contributed by atoms with Gasteiger partial charge in [0.25, 0.3) is 5.89 Å². The van der Waals surface area contributed by atoms with Crippen LogP contribution in [-0.4, -0.2) is 39.2 Å². The van der Waals surface area contributed by atoms with Gasteiger partial charge in [-0.2, -0.15) is 4.98 Å². The average molecular weight is 462 g/mol. The van der Waals surface area contributed by atoms with E-state index in [1.54, 1.807) is 11.3 Å². The highest BCUT2D eigenvalue weighted by Gasteiger charge is 2.32. The van der Waals surface area contributed by atoms with Crippen molar-refractivity contribution in [3.8, 4) is 33.7 Å². The minimum Gasteiger partial charge on any atom is -0.481 e. The van der Waals surface area contributed by atoms with Gasteiger partial charge in [-0.3, -0.25) is 9.69 Å². The number of carboxylic acids is 1. The van der Waals surface area contributed by atoms with E-state index in [9.17, 15) is 4.79 Å². The van der Waals surface area contributed by atoms with Gasteiger partial charge in [0, 0.05) is 30.1 Å². The summed E-state index contributed by atoms with van der Waals surface area (Å²) in [6, 6.07) is 19.4. The zero-order chi connectivity index (χ0) is 22.8. The number of thiophene rings is 1. The minimum absolute atomic E-state index is 0.251. The molecular weight excluding hydrogens is 438 g/mol. The number of hydrogen-bond acceptors (Lipinski definition) is 7. The Morgan fingerprint density at radius 2 is 1.88 bits per heavy atom. The van der Waals surface area contributed by atoms with Gasteiger partial charge in [-0.1, -0.05) is 30.3 Å². The fourth-order valence-corrected chi connectivity index (χ4v) is 5.03. The third-order valence-electron chi connectivity index (χ3n) is 5.64. The molecule has 1 saturated heterocycles. The van der Waals surface area contributed by atoms with E-state index in [0.717, 1.165) is 34.9 Å². The van der Waals surface area contributed by atoms with Crippen molar-refractivity contribution in [2.75, 3.05) is 13.1 Å². The first-order valence-electron chi connectivity index (χ1n) is 10.8. The SMILES string of the molecule is CCc1cc(CN2CC(C(=O)O)C2)sc1-c1noc(-c2ccc(Oc3ccccc3)cc2)n1. The molecule has 0 atom stereocenters. The Morgan fingerprint density at radius 3 is 2.58 bits per heavy atom. The Morgan fingerprint density at radius 1 is 1.15 bits per heavy atom. The number of likely N-dealkylation sites (tertiary alicyclic amines) is 1. The summed E-state index contributed by atoms with van der Waals surface area (Å²) >= 11 is 1.64. The van der Waals surface area contributed by atoms with Crippen molar-refractivity contribution in [1.29, 1.82) is 0 Å². The predicted octanol–water partition coefficient (Wildman–Crippen LogP) is 5.34. The van der Waals surface area contributed by atoms with E-state index in [4.69, 9.17) is 14.4 Å². The quantitative estimate of drug-likeness (QED) is 0.379. The third kappa shape index (κ3) is 4.67. The maximum Gasteiger partial charge on any atom is 0.309 e. The van der Waals surface area contributed by atoms with Crippen molar-refractivity contribution in [3.05, 3.63) is 71.1 Å². The molecule has 0 radical (unpaired) electrons. The van der Waals surface area contributed by atoms with E-state index in [0.29, 0.717) is 24.8 Å². The molecular formula is C25H23N3O4S. The predicted molar refractivity (Wildman–Crippen MR) is 125 cm³/mol. The second-order valence-corrected chi connectivity index (χ2v) is 9.15. The second-order valence-electron chi connectivity index (χ2n) is 8.01. The van der Waals surface area contributed by atoms with Crippen LogP contribution in [0.3, 0.4) is 0 Å². The number of rotatable bonds is 8. The van der Waals surface area contributed by atoms with Crippen LogP contribution < -0.4 is 4.74 Å². The van der Waals surface area contributed by atoms with E-state index in [-0.39, 0.29) is 5.92 Å². The highest BCUT2D eigenvalue weighted by Crippen LogP contribution is 2.35. The van der Waals surface area contributed by atoms with Crippen molar-refractivity contribution in [1.82, 2.24) is 15.0 Å². The van der Waals surface area contributed by atoms with Gasteiger partial charge < -0.3 is 14.4 Å². The summed E-state index contributed by atoms with van der Waals surface area (Å²) in [5.74, 6) is 1.58. The number of aryl methyl sites for hydroxylation is 1. The number of carboxylic acid groups (broad SMARTS) is 1. The van der Waals surface area contributed by atoms with Gasteiger partial charge in [-0.05, 0) is 54.4 Å². The molecule has 0 amide bonds. The van der Waals surface area contributed by atoms with Crippen LogP contribution in [0, 0.1) is 5.92 Å². The summed E-state index contributed by atoms with van der Waals surface area (Å²) in [6.45, 7) is 4.04. The molecule has 1 N–H and O–H groups in total. The molecule has 168 valence electrons. The molecule has 7 nitrogen and oxygen atoms in total. The lowest BCUT2D eigenvalue weighted by atomic mass is 10.0. The molecule has 0 saturated carbocycles. The van der Waals surface area contributed by atoms with Crippen molar-refractivity contribution < 1.29 is 19.2 Å². The minimum atomic E-state index is -0.716. The lowest BCUT2D eigenvalue weighted by Crippen LogP contribution is -2.49. The molecule has 5 rings (SSSR count). The topological polar surface area (TPSA) is 88.7 Å². The molecule has 0 unspecified atom stereocenters. The monoisotopic (exact) mass is 461 g/mol. The largest absolute Gasteiger partial charge is 0.481 e. The van der Waals surface area contributed by atoms with Crippen LogP contribution in [0.15, 0.2) is 65.2 Å². The molecule has 2 aromatic heterocycles. The summed E-state index contributed by atoms with van der Waals surface area (Å²) in [7, 11) is 0. The number of aliphatic carboxylic acids is 1. The lowest BCUT2D eigenvalue weighted by molar-refractivity contribution is -0.147. The normalized spacial score (nSPS) is 14.2. The van der Waals surface area contributed by atoms with Gasteiger partial charge in [-0.15, -0.1) is 11.3 Å². The van der Waals surface area contributed by atoms with E-state index >= 15 is 0 Å². The number of aromatic nitrogens is 2. The Bertz CT molecular complexity index is 1240. The molecule has 4 aromatic rings.